The number of guanidine groups is 1. The van der Waals surface area contributed by atoms with Crippen LogP contribution in [-0.4, -0.2) is 45.8 Å². The molecule has 0 bridgehead atoms. The molecule has 4 N–H and O–H groups in total. The summed E-state index contributed by atoms with van der Waals surface area (Å²) in [6.07, 6.45) is 0.819. The normalized spacial score (nSPS) is 10.8. The molecule has 0 aliphatic carbocycles. The van der Waals surface area contributed by atoms with Gasteiger partial charge in [-0.3, -0.25) is 4.99 Å². The Hall–Kier alpha value is -2.69. The summed E-state index contributed by atoms with van der Waals surface area (Å²) < 4.78 is 10.6. The van der Waals surface area contributed by atoms with Crippen molar-refractivity contribution in [1.29, 1.82) is 0 Å². The second-order valence-corrected chi connectivity index (χ2v) is 7.24. The maximum absolute atomic E-state index is 11.8. The molecule has 0 saturated heterocycles. The molecular formula is C23H34IN5O3. The van der Waals surface area contributed by atoms with Crippen LogP contribution in [0.5, 0.6) is 11.5 Å². The largest absolute Gasteiger partial charge is 0.493 e. The van der Waals surface area contributed by atoms with Gasteiger partial charge in [-0.25, -0.2) is 4.79 Å². The number of nitrogens with one attached hydrogen (secondary N) is 4. The van der Waals surface area contributed by atoms with Gasteiger partial charge in [0.05, 0.1) is 14.2 Å². The van der Waals surface area contributed by atoms with Gasteiger partial charge in [0.25, 0.3) is 0 Å². The van der Waals surface area contributed by atoms with Crippen LogP contribution in [0.25, 0.3) is 0 Å². The average Bonchev–Trinajstić information content (AvgIpc) is 2.76. The number of urea groups is 1. The summed E-state index contributed by atoms with van der Waals surface area (Å²) in [5.74, 6) is 2.17. The van der Waals surface area contributed by atoms with E-state index in [0.717, 1.165) is 47.2 Å². The van der Waals surface area contributed by atoms with Gasteiger partial charge in [-0.2, -0.15) is 0 Å². The van der Waals surface area contributed by atoms with Crippen molar-refractivity contribution in [3.8, 4) is 11.5 Å². The van der Waals surface area contributed by atoms with Gasteiger partial charge in [-0.1, -0.05) is 18.2 Å². The third kappa shape index (κ3) is 9.21. The second-order valence-electron chi connectivity index (χ2n) is 7.24. The van der Waals surface area contributed by atoms with Gasteiger partial charge in [0.2, 0.25) is 0 Å². The van der Waals surface area contributed by atoms with Crippen LogP contribution < -0.4 is 30.7 Å². The van der Waals surface area contributed by atoms with Gasteiger partial charge in [0, 0.05) is 31.9 Å². The van der Waals surface area contributed by atoms with E-state index in [9.17, 15) is 4.79 Å². The Balaban J connectivity index is 0.00000512. The molecule has 0 aliphatic heterocycles. The van der Waals surface area contributed by atoms with Crippen LogP contribution in [0.1, 0.15) is 25.0 Å². The molecule has 0 fully saturated rings. The molecule has 0 spiro atoms. The Morgan fingerprint density at radius 3 is 2.22 bits per heavy atom. The Bertz CT molecular complexity index is 872. The molecule has 0 radical (unpaired) electrons. The van der Waals surface area contributed by atoms with Crippen LogP contribution in [0.4, 0.5) is 10.5 Å². The van der Waals surface area contributed by atoms with Gasteiger partial charge < -0.3 is 30.7 Å². The SMILES string of the molecule is CN=C(NCCc1ccc(OC)c(OC)c1)NCc1ccc(NC(=O)NC(C)C)cc1.I. The lowest BCUT2D eigenvalue weighted by atomic mass is 10.1. The molecule has 2 amide bonds. The monoisotopic (exact) mass is 555 g/mol. The Morgan fingerprint density at radius 1 is 0.969 bits per heavy atom. The number of nitrogens with zero attached hydrogens (tertiary/aromatic N) is 1. The van der Waals surface area contributed by atoms with E-state index in [1.54, 1.807) is 21.3 Å². The minimum absolute atomic E-state index is 0. The van der Waals surface area contributed by atoms with Gasteiger partial charge >= 0.3 is 6.03 Å². The first-order valence-electron chi connectivity index (χ1n) is 10.3. The fraction of sp³-hybridized carbons (Fsp3) is 0.391. The molecule has 8 nitrogen and oxygen atoms in total. The third-order valence-electron chi connectivity index (χ3n) is 4.47. The molecule has 176 valence electrons. The summed E-state index contributed by atoms with van der Waals surface area (Å²) in [6, 6.07) is 13.5. The van der Waals surface area contributed by atoms with Crippen molar-refractivity contribution in [2.45, 2.75) is 32.9 Å². The third-order valence-corrected chi connectivity index (χ3v) is 4.47. The summed E-state index contributed by atoms with van der Waals surface area (Å²) >= 11 is 0. The fourth-order valence-electron chi connectivity index (χ4n) is 2.90. The lowest BCUT2D eigenvalue weighted by Gasteiger charge is -2.14. The van der Waals surface area contributed by atoms with Gasteiger partial charge in [-0.05, 0) is 55.7 Å². The molecule has 0 aliphatic rings. The minimum atomic E-state index is -0.208. The van der Waals surface area contributed by atoms with E-state index in [-0.39, 0.29) is 36.0 Å². The van der Waals surface area contributed by atoms with Crippen molar-refractivity contribution >= 4 is 41.7 Å². The predicted molar refractivity (Wildman–Crippen MR) is 141 cm³/mol. The van der Waals surface area contributed by atoms with E-state index in [1.165, 1.54) is 0 Å². The Kier molecular flexibility index (Phi) is 12.3. The highest BCUT2D eigenvalue weighted by atomic mass is 127. The number of rotatable bonds is 9. The van der Waals surface area contributed by atoms with E-state index in [0.29, 0.717) is 6.54 Å². The number of ether oxygens (including phenoxy) is 2. The number of methoxy groups -OCH3 is 2. The molecule has 2 rings (SSSR count). The number of aliphatic imine (C=N–C) groups is 1. The highest BCUT2D eigenvalue weighted by molar-refractivity contribution is 14.0. The second kappa shape index (κ2) is 14.4. The summed E-state index contributed by atoms with van der Waals surface area (Å²) in [5, 5.41) is 12.2. The molecule has 0 saturated carbocycles. The average molecular weight is 555 g/mol. The van der Waals surface area contributed by atoms with Crippen LogP contribution in [0.2, 0.25) is 0 Å². The summed E-state index contributed by atoms with van der Waals surface area (Å²) in [7, 11) is 5.00. The van der Waals surface area contributed by atoms with Crippen molar-refractivity contribution in [2.75, 3.05) is 33.1 Å². The van der Waals surface area contributed by atoms with Crippen LogP contribution in [-0.2, 0) is 13.0 Å². The summed E-state index contributed by atoms with van der Waals surface area (Å²) in [6.45, 7) is 5.18. The number of carbonyl (C=O) groups excluding carboxylic acids is 1. The molecule has 0 heterocycles. The molecule has 0 atom stereocenters. The number of amides is 2. The highest BCUT2D eigenvalue weighted by Gasteiger charge is 2.06. The van der Waals surface area contributed by atoms with Gasteiger partial charge in [0.15, 0.2) is 17.5 Å². The van der Waals surface area contributed by atoms with Gasteiger partial charge in [0.1, 0.15) is 0 Å². The maximum Gasteiger partial charge on any atom is 0.319 e. The van der Waals surface area contributed by atoms with Crippen LogP contribution in [0.15, 0.2) is 47.5 Å². The molecule has 32 heavy (non-hydrogen) atoms. The number of benzene rings is 2. The number of anilines is 1. The van der Waals surface area contributed by atoms with Crippen molar-refractivity contribution in [1.82, 2.24) is 16.0 Å². The van der Waals surface area contributed by atoms with E-state index < -0.39 is 0 Å². The van der Waals surface area contributed by atoms with Crippen LogP contribution in [0.3, 0.4) is 0 Å². The predicted octanol–water partition coefficient (Wildman–Crippen LogP) is 3.76. The number of halogens is 1. The topological polar surface area (TPSA) is 96.0 Å². The van der Waals surface area contributed by atoms with Crippen LogP contribution in [0, 0.1) is 0 Å². The highest BCUT2D eigenvalue weighted by Crippen LogP contribution is 2.27. The van der Waals surface area contributed by atoms with Gasteiger partial charge in [-0.15, -0.1) is 24.0 Å². The first-order valence-corrected chi connectivity index (χ1v) is 10.3. The molecule has 9 heteroatoms. The number of hydrogen-bond acceptors (Lipinski definition) is 4. The van der Waals surface area contributed by atoms with Crippen LogP contribution >= 0.6 is 24.0 Å². The number of hydrogen-bond donors (Lipinski definition) is 4. The molecule has 0 aromatic heterocycles. The Morgan fingerprint density at radius 2 is 1.62 bits per heavy atom. The molecular weight excluding hydrogens is 521 g/mol. The smallest absolute Gasteiger partial charge is 0.319 e. The molecule has 0 unspecified atom stereocenters. The zero-order chi connectivity index (χ0) is 22.6. The standard InChI is InChI=1S/C23H33N5O3.HI/c1-16(2)27-23(29)28-19-9-6-18(7-10-19)15-26-22(24-3)25-13-12-17-8-11-20(30-4)21(14-17)31-5;/h6-11,14,16H,12-13,15H2,1-5H3,(H2,24,25,26)(H2,27,28,29);1H. The van der Waals surface area contributed by atoms with Crippen molar-refractivity contribution in [3.05, 3.63) is 53.6 Å². The lowest BCUT2D eigenvalue weighted by molar-refractivity contribution is 0.250. The first kappa shape index (κ1) is 27.3. The van der Waals surface area contributed by atoms with E-state index in [4.69, 9.17) is 9.47 Å². The quantitative estimate of drug-likeness (QED) is 0.215. The number of carbonyl (C=O) groups is 1. The zero-order valence-electron chi connectivity index (χ0n) is 19.3. The molecule has 2 aromatic rings. The van der Waals surface area contributed by atoms with Crippen molar-refractivity contribution < 1.29 is 14.3 Å². The van der Waals surface area contributed by atoms with E-state index in [1.807, 2.05) is 56.3 Å². The molecule has 2 aromatic carbocycles. The van der Waals surface area contributed by atoms with Crippen molar-refractivity contribution in [2.24, 2.45) is 4.99 Å². The lowest BCUT2D eigenvalue weighted by Crippen LogP contribution is -2.37. The summed E-state index contributed by atoms with van der Waals surface area (Å²) in [5.41, 5.74) is 2.97. The fourth-order valence-corrected chi connectivity index (χ4v) is 2.90. The minimum Gasteiger partial charge on any atom is -0.493 e. The zero-order valence-corrected chi connectivity index (χ0v) is 21.7. The van der Waals surface area contributed by atoms with E-state index in [2.05, 4.69) is 26.3 Å². The maximum atomic E-state index is 11.8. The first-order chi connectivity index (χ1) is 14.9. The summed E-state index contributed by atoms with van der Waals surface area (Å²) in [4.78, 5) is 16.0. The van der Waals surface area contributed by atoms with E-state index >= 15 is 0 Å². The van der Waals surface area contributed by atoms with Crippen molar-refractivity contribution in [3.63, 3.8) is 0 Å². The Labute approximate surface area is 207 Å².